The van der Waals surface area contributed by atoms with Crippen LogP contribution in [0.5, 0.6) is 0 Å². The monoisotopic (exact) mass is 294 g/mol. The van der Waals surface area contributed by atoms with Gasteiger partial charge < -0.3 is 4.74 Å². The summed E-state index contributed by atoms with van der Waals surface area (Å²) in [4.78, 5) is 15.4. The highest BCUT2D eigenvalue weighted by atomic mass is 32.2. The van der Waals surface area contributed by atoms with Crippen LogP contribution < -0.4 is 0 Å². The highest BCUT2D eigenvalue weighted by Gasteiger charge is 2.27. The van der Waals surface area contributed by atoms with E-state index < -0.39 is 16.0 Å². The second-order valence-electron chi connectivity index (χ2n) is 3.94. The molecule has 1 aliphatic rings. The number of esters is 1. The van der Waals surface area contributed by atoms with Crippen LogP contribution in [0.4, 0.5) is 5.69 Å². The zero-order valence-electron chi connectivity index (χ0n) is 10.9. The van der Waals surface area contributed by atoms with E-state index in [4.69, 9.17) is 4.74 Å². The number of fused-ring (bicyclic) bond motifs is 1. The van der Waals surface area contributed by atoms with Gasteiger partial charge in [-0.3, -0.25) is 4.31 Å². The van der Waals surface area contributed by atoms with Crippen molar-refractivity contribution in [3.05, 3.63) is 36.4 Å². The maximum Gasteiger partial charge on any atom is 0.330 e. The largest absolute Gasteiger partial charge is 0.463 e. The normalized spacial score (nSPS) is 16.1. The van der Waals surface area contributed by atoms with Gasteiger partial charge in [0.2, 0.25) is 0 Å². The molecule has 1 heterocycles. The molecule has 0 amide bonds. The molecule has 0 spiro atoms. The van der Waals surface area contributed by atoms with E-state index in [0.717, 1.165) is 4.31 Å². The topological polar surface area (TPSA) is 76.0 Å². The molecule has 1 aromatic rings. The lowest BCUT2D eigenvalue weighted by Gasteiger charge is -2.22. The fourth-order valence-electron chi connectivity index (χ4n) is 1.69. The van der Waals surface area contributed by atoms with Crippen molar-refractivity contribution in [3.63, 3.8) is 0 Å². The number of rotatable bonds is 4. The summed E-state index contributed by atoms with van der Waals surface area (Å²) in [7, 11) is -3.61. The zero-order valence-corrected chi connectivity index (χ0v) is 11.7. The van der Waals surface area contributed by atoms with Gasteiger partial charge in [-0.05, 0) is 19.1 Å². The molecule has 0 atom stereocenters. The SMILES string of the molecule is CCOC(=O)/C=C/CN1C=Nc2ccccc2S1(=O)=O. The van der Waals surface area contributed by atoms with Gasteiger partial charge in [-0.1, -0.05) is 18.2 Å². The van der Waals surface area contributed by atoms with Crippen molar-refractivity contribution < 1.29 is 17.9 Å². The molecule has 106 valence electrons. The maximum absolute atomic E-state index is 12.3. The van der Waals surface area contributed by atoms with E-state index in [2.05, 4.69) is 4.99 Å². The highest BCUT2D eigenvalue weighted by molar-refractivity contribution is 7.89. The highest BCUT2D eigenvalue weighted by Crippen LogP contribution is 2.29. The number of carbonyl (C=O) groups is 1. The van der Waals surface area contributed by atoms with E-state index in [1.807, 2.05) is 0 Å². The molecule has 1 aliphatic heterocycles. The standard InChI is InChI=1S/C13H14N2O4S/c1-2-19-13(16)8-5-9-15-10-14-11-6-3-4-7-12(11)20(15,17)18/h3-8,10H,2,9H2,1H3/b8-5+. The zero-order chi connectivity index (χ0) is 14.6. The van der Waals surface area contributed by atoms with Crippen molar-refractivity contribution in [3.8, 4) is 0 Å². The van der Waals surface area contributed by atoms with Crippen LogP contribution in [0.3, 0.4) is 0 Å². The van der Waals surface area contributed by atoms with E-state index >= 15 is 0 Å². The second kappa shape index (κ2) is 5.87. The lowest BCUT2D eigenvalue weighted by atomic mass is 10.3. The predicted molar refractivity (Wildman–Crippen MR) is 74.3 cm³/mol. The summed E-state index contributed by atoms with van der Waals surface area (Å²) in [5.41, 5.74) is 0.415. The van der Waals surface area contributed by atoms with E-state index in [-0.39, 0.29) is 18.0 Å². The van der Waals surface area contributed by atoms with Crippen molar-refractivity contribution in [2.24, 2.45) is 4.99 Å². The van der Waals surface area contributed by atoms with E-state index in [1.165, 1.54) is 24.6 Å². The van der Waals surface area contributed by atoms with Gasteiger partial charge in [-0.2, -0.15) is 0 Å². The molecule has 0 aliphatic carbocycles. The minimum Gasteiger partial charge on any atom is -0.463 e. The van der Waals surface area contributed by atoms with Gasteiger partial charge >= 0.3 is 5.97 Å². The van der Waals surface area contributed by atoms with Crippen LogP contribution in [0.1, 0.15) is 6.92 Å². The number of carbonyl (C=O) groups excluding carboxylic acids is 1. The summed E-state index contributed by atoms with van der Waals surface area (Å²) in [6, 6.07) is 6.50. The molecule has 0 aromatic heterocycles. The minimum atomic E-state index is -3.61. The van der Waals surface area contributed by atoms with E-state index in [1.54, 1.807) is 25.1 Å². The molecule has 0 saturated heterocycles. The Labute approximate surface area is 117 Å². The Kier molecular flexibility index (Phi) is 4.19. The Balaban J connectivity index is 2.15. The van der Waals surface area contributed by atoms with Gasteiger partial charge in [0.15, 0.2) is 0 Å². The van der Waals surface area contributed by atoms with Crippen molar-refractivity contribution >= 4 is 28.0 Å². The summed E-state index contributed by atoms with van der Waals surface area (Å²) in [5, 5.41) is 0. The number of sulfonamides is 1. The van der Waals surface area contributed by atoms with Crippen LogP contribution in [0.25, 0.3) is 0 Å². The third-order valence-electron chi connectivity index (χ3n) is 2.60. The molecule has 2 rings (SSSR count). The smallest absolute Gasteiger partial charge is 0.330 e. The van der Waals surface area contributed by atoms with Gasteiger partial charge in [0, 0.05) is 6.08 Å². The first kappa shape index (κ1) is 14.3. The number of aliphatic imine (C=N–C) groups is 1. The van der Waals surface area contributed by atoms with Gasteiger partial charge in [0.05, 0.1) is 18.8 Å². The quantitative estimate of drug-likeness (QED) is 0.622. The average Bonchev–Trinajstić information content (AvgIpc) is 2.42. The Morgan fingerprint density at radius 3 is 2.90 bits per heavy atom. The fourth-order valence-corrected chi connectivity index (χ4v) is 3.03. The van der Waals surface area contributed by atoms with Gasteiger partial charge in [0.1, 0.15) is 11.2 Å². The number of nitrogens with zero attached hydrogens (tertiary/aromatic N) is 2. The number of para-hydroxylation sites is 1. The first-order valence-corrected chi connectivity index (χ1v) is 7.48. The van der Waals surface area contributed by atoms with Crippen molar-refractivity contribution in [2.75, 3.05) is 13.2 Å². The summed E-state index contributed by atoms with van der Waals surface area (Å²) in [6.45, 7) is 2.00. The molecular weight excluding hydrogens is 280 g/mol. The van der Waals surface area contributed by atoms with Gasteiger partial charge in [0.25, 0.3) is 10.0 Å². The molecule has 0 saturated carbocycles. The average molecular weight is 294 g/mol. The molecule has 6 nitrogen and oxygen atoms in total. The third kappa shape index (κ3) is 2.88. The lowest BCUT2D eigenvalue weighted by molar-refractivity contribution is -0.137. The van der Waals surface area contributed by atoms with E-state index in [0.29, 0.717) is 5.69 Å². The van der Waals surface area contributed by atoms with Crippen molar-refractivity contribution in [1.82, 2.24) is 4.31 Å². The number of hydrogen-bond donors (Lipinski definition) is 0. The molecule has 0 unspecified atom stereocenters. The van der Waals surface area contributed by atoms with Crippen LogP contribution in [0.15, 0.2) is 46.3 Å². The third-order valence-corrected chi connectivity index (χ3v) is 4.37. The fraction of sp³-hybridized carbons (Fsp3) is 0.231. The van der Waals surface area contributed by atoms with Crippen LogP contribution in [-0.4, -0.2) is 38.2 Å². The van der Waals surface area contributed by atoms with E-state index in [9.17, 15) is 13.2 Å². The minimum absolute atomic E-state index is 0.0268. The summed E-state index contributed by atoms with van der Waals surface area (Å²) in [5.74, 6) is -0.501. The molecular formula is C13H14N2O4S. The summed E-state index contributed by atoms with van der Waals surface area (Å²) in [6.07, 6.45) is 3.87. The van der Waals surface area contributed by atoms with Crippen molar-refractivity contribution in [2.45, 2.75) is 11.8 Å². The molecule has 0 bridgehead atoms. The molecule has 7 heteroatoms. The van der Waals surface area contributed by atoms with Crippen LogP contribution >= 0.6 is 0 Å². The van der Waals surface area contributed by atoms with Crippen molar-refractivity contribution in [1.29, 1.82) is 0 Å². The first-order chi connectivity index (χ1) is 9.55. The first-order valence-electron chi connectivity index (χ1n) is 6.04. The maximum atomic E-state index is 12.3. The van der Waals surface area contributed by atoms with Crippen LogP contribution in [0.2, 0.25) is 0 Å². The summed E-state index contributed by atoms with van der Waals surface area (Å²) < 4.78 is 30.4. The second-order valence-corrected chi connectivity index (χ2v) is 5.80. The predicted octanol–water partition coefficient (Wildman–Crippen LogP) is 1.47. The molecule has 1 aromatic carbocycles. The Morgan fingerprint density at radius 2 is 2.15 bits per heavy atom. The Bertz CT molecular complexity index is 665. The lowest BCUT2D eigenvalue weighted by Crippen LogP contribution is -2.32. The van der Waals surface area contributed by atoms with Crippen LogP contribution in [0, 0.1) is 0 Å². The van der Waals surface area contributed by atoms with Gasteiger partial charge in [-0.25, -0.2) is 18.2 Å². The summed E-state index contributed by atoms with van der Waals surface area (Å²) >= 11 is 0. The number of ether oxygens (including phenoxy) is 1. The molecule has 0 fully saturated rings. The Hall–Kier alpha value is -2.15. The number of hydrogen-bond acceptors (Lipinski definition) is 5. The van der Waals surface area contributed by atoms with Crippen LogP contribution in [-0.2, 0) is 19.6 Å². The molecule has 20 heavy (non-hydrogen) atoms. The van der Waals surface area contributed by atoms with Gasteiger partial charge in [-0.15, -0.1) is 0 Å². The number of benzene rings is 1. The molecule has 0 radical (unpaired) electrons. The molecule has 0 N–H and O–H groups in total. The Morgan fingerprint density at radius 1 is 1.40 bits per heavy atom.